The zero-order valence-corrected chi connectivity index (χ0v) is 13.9. The summed E-state index contributed by atoms with van der Waals surface area (Å²) in [5.74, 6) is -0.143. The number of hydrogen-bond donors (Lipinski definition) is 0. The Morgan fingerprint density at radius 1 is 1.12 bits per heavy atom. The van der Waals surface area contributed by atoms with E-state index in [0.29, 0.717) is 24.2 Å². The van der Waals surface area contributed by atoms with Gasteiger partial charge in [-0.2, -0.15) is 0 Å². The summed E-state index contributed by atoms with van der Waals surface area (Å²) in [4.78, 5) is 20.9. The van der Waals surface area contributed by atoms with E-state index in [9.17, 15) is 9.18 Å². The molecule has 1 saturated heterocycles. The van der Waals surface area contributed by atoms with Crippen molar-refractivity contribution in [3.05, 3.63) is 65.2 Å². The number of benzene rings is 1. The molecule has 1 aromatic carbocycles. The predicted octanol–water partition coefficient (Wildman–Crippen LogP) is 2.88. The number of nitrogens with zero attached hydrogens (tertiary/aromatic N) is 3. The molecular formula is C19H22FN3O. The number of aromatic nitrogens is 1. The molecule has 0 saturated carbocycles. The Balaban J connectivity index is 1.61. The lowest BCUT2D eigenvalue weighted by molar-refractivity contribution is 0.0760. The summed E-state index contributed by atoms with van der Waals surface area (Å²) in [6.07, 6.45) is 2.53. The highest BCUT2D eigenvalue weighted by Gasteiger charge is 2.21. The van der Waals surface area contributed by atoms with Crippen LogP contribution in [0.5, 0.6) is 0 Å². The van der Waals surface area contributed by atoms with Gasteiger partial charge < -0.3 is 4.90 Å². The molecule has 2 heterocycles. The van der Waals surface area contributed by atoms with Crippen LogP contribution in [0.25, 0.3) is 0 Å². The first kappa shape index (κ1) is 16.6. The maximum atomic E-state index is 13.8. The third-order valence-corrected chi connectivity index (χ3v) is 4.39. The van der Waals surface area contributed by atoms with Crippen molar-refractivity contribution in [1.82, 2.24) is 14.8 Å². The van der Waals surface area contributed by atoms with Crippen LogP contribution in [0.15, 0.2) is 42.6 Å². The fourth-order valence-electron chi connectivity index (χ4n) is 2.98. The normalized spacial score (nSPS) is 16.0. The Bertz CT molecular complexity index is 702. The summed E-state index contributed by atoms with van der Waals surface area (Å²) in [6.45, 7) is 5.48. The van der Waals surface area contributed by atoms with Crippen molar-refractivity contribution in [3.8, 4) is 0 Å². The van der Waals surface area contributed by atoms with Crippen LogP contribution >= 0.6 is 0 Å². The molecule has 1 aliphatic rings. The van der Waals surface area contributed by atoms with Gasteiger partial charge in [0.25, 0.3) is 5.91 Å². The van der Waals surface area contributed by atoms with Crippen LogP contribution in [0, 0.1) is 12.7 Å². The summed E-state index contributed by atoms with van der Waals surface area (Å²) in [7, 11) is 0. The number of rotatable bonds is 3. The molecule has 4 nitrogen and oxygen atoms in total. The number of carbonyl (C=O) groups excluding carboxylic acids is 1. The Hall–Kier alpha value is -2.27. The van der Waals surface area contributed by atoms with E-state index in [4.69, 9.17) is 0 Å². The molecule has 126 valence electrons. The summed E-state index contributed by atoms with van der Waals surface area (Å²) in [6, 6.07) is 10.6. The molecule has 1 aliphatic heterocycles. The molecule has 3 rings (SSSR count). The largest absolute Gasteiger partial charge is 0.337 e. The molecule has 0 unspecified atom stereocenters. The van der Waals surface area contributed by atoms with Crippen molar-refractivity contribution in [2.24, 2.45) is 0 Å². The van der Waals surface area contributed by atoms with Crippen LogP contribution in [0.2, 0.25) is 0 Å². The second kappa shape index (κ2) is 7.53. The molecular weight excluding hydrogens is 305 g/mol. The zero-order valence-electron chi connectivity index (χ0n) is 13.9. The van der Waals surface area contributed by atoms with Gasteiger partial charge in [-0.05, 0) is 31.5 Å². The van der Waals surface area contributed by atoms with Gasteiger partial charge in [-0.15, -0.1) is 0 Å². The van der Waals surface area contributed by atoms with Gasteiger partial charge in [-0.25, -0.2) is 4.39 Å². The van der Waals surface area contributed by atoms with Crippen molar-refractivity contribution in [3.63, 3.8) is 0 Å². The van der Waals surface area contributed by atoms with Crippen LogP contribution in [0.3, 0.4) is 0 Å². The fraction of sp³-hybridized carbons (Fsp3) is 0.368. The molecule has 0 radical (unpaired) electrons. The van der Waals surface area contributed by atoms with Crippen LogP contribution in [-0.4, -0.2) is 46.9 Å². The van der Waals surface area contributed by atoms with Crippen LogP contribution in [0.4, 0.5) is 4.39 Å². The lowest BCUT2D eigenvalue weighted by atomic mass is 10.2. The Morgan fingerprint density at radius 3 is 2.71 bits per heavy atom. The zero-order chi connectivity index (χ0) is 16.9. The number of carbonyl (C=O) groups is 1. The molecule has 1 aromatic heterocycles. The average Bonchev–Trinajstić information content (AvgIpc) is 2.83. The number of halogens is 1. The SMILES string of the molecule is Cc1ccc(C(=O)N2CCCN(Cc3ccccc3F)CC2)cn1. The van der Waals surface area contributed by atoms with E-state index in [0.717, 1.165) is 31.7 Å². The van der Waals surface area contributed by atoms with Crippen molar-refractivity contribution in [1.29, 1.82) is 0 Å². The average molecular weight is 327 g/mol. The summed E-state index contributed by atoms with van der Waals surface area (Å²) >= 11 is 0. The molecule has 5 heteroatoms. The topological polar surface area (TPSA) is 36.4 Å². The molecule has 2 aromatic rings. The van der Waals surface area contributed by atoms with Crippen molar-refractivity contribution in [2.45, 2.75) is 19.9 Å². The molecule has 0 atom stereocenters. The fourth-order valence-corrected chi connectivity index (χ4v) is 2.98. The smallest absolute Gasteiger partial charge is 0.255 e. The first-order valence-electron chi connectivity index (χ1n) is 8.31. The minimum Gasteiger partial charge on any atom is -0.337 e. The Morgan fingerprint density at radius 2 is 1.96 bits per heavy atom. The highest BCUT2D eigenvalue weighted by molar-refractivity contribution is 5.93. The number of aryl methyl sites for hydroxylation is 1. The summed E-state index contributed by atoms with van der Waals surface area (Å²) in [5, 5.41) is 0. The van der Waals surface area contributed by atoms with Crippen molar-refractivity contribution in [2.75, 3.05) is 26.2 Å². The highest BCUT2D eigenvalue weighted by Crippen LogP contribution is 2.14. The van der Waals surface area contributed by atoms with Crippen molar-refractivity contribution >= 4 is 5.91 Å². The third kappa shape index (κ3) is 3.97. The molecule has 0 spiro atoms. The first-order valence-corrected chi connectivity index (χ1v) is 8.31. The van der Waals surface area contributed by atoms with E-state index >= 15 is 0 Å². The van der Waals surface area contributed by atoms with E-state index in [1.807, 2.05) is 36.1 Å². The van der Waals surface area contributed by atoms with Gasteiger partial charge in [0.2, 0.25) is 0 Å². The van der Waals surface area contributed by atoms with E-state index < -0.39 is 0 Å². The number of pyridine rings is 1. The second-order valence-corrected chi connectivity index (χ2v) is 6.20. The molecule has 0 bridgehead atoms. The maximum Gasteiger partial charge on any atom is 0.255 e. The number of amides is 1. The second-order valence-electron chi connectivity index (χ2n) is 6.20. The lowest BCUT2D eigenvalue weighted by Crippen LogP contribution is -2.35. The third-order valence-electron chi connectivity index (χ3n) is 4.39. The Labute approximate surface area is 141 Å². The van der Waals surface area contributed by atoms with E-state index in [-0.39, 0.29) is 11.7 Å². The first-order chi connectivity index (χ1) is 11.6. The van der Waals surface area contributed by atoms with E-state index in [1.165, 1.54) is 6.07 Å². The van der Waals surface area contributed by atoms with Crippen molar-refractivity contribution < 1.29 is 9.18 Å². The highest BCUT2D eigenvalue weighted by atomic mass is 19.1. The van der Waals surface area contributed by atoms with Gasteiger partial charge in [-0.1, -0.05) is 18.2 Å². The predicted molar refractivity (Wildman–Crippen MR) is 91.2 cm³/mol. The van der Waals surface area contributed by atoms with Gasteiger partial charge >= 0.3 is 0 Å². The number of hydrogen-bond acceptors (Lipinski definition) is 3. The Kier molecular flexibility index (Phi) is 5.20. The molecule has 1 fully saturated rings. The minimum atomic E-state index is -0.166. The van der Waals surface area contributed by atoms with Crippen LogP contribution in [0.1, 0.15) is 28.0 Å². The van der Waals surface area contributed by atoms with E-state index in [2.05, 4.69) is 9.88 Å². The monoisotopic (exact) mass is 327 g/mol. The van der Waals surface area contributed by atoms with Gasteiger partial charge in [0.15, 0.2) is 0 Å². The van der Waals surface area contributed by atoms with Gasteiger partial charge in [0.1, 0.15) is 5.82 Å². The molecule has 0 N–H and O–H groups in total. The van der Waals surface area contributed by atoms with Gasteiger partial charge in [0, 0.05) is 50.2 Å². The summed E-state index contributed by atoms with van der Waals surface area (Å²) in [5.41, 5.74) is 2.24. The molecule has 24 heavy (non-hydrogen) atoms. The van der Waals surface area contributed by atoms with Crippen LogP contribution in [-0.2, 0) is 6.54 Å². The lowest BCUT2D eigenvalue weighted by Gasteiger charge is -2.22. The van der Waals surface area contributed by atoms with Crippen LogP contribution < -0.4 is 0 Å². The molecule has 1 amide bonds. The quantitative estimate of drug-likeness (QED) is 0.870. The maximum absolute atomic E-state index is 13.8. The van der Waals surface area contributed by atoms with E-state index in [1.54, 1.807) is 12.3 Å². The standard InChI is InChI=1S/C19H22FN3O/c1-15-7-8-16(13-21-15)19(24)23-10-4-9-22(11-12-23)14-17-5-2-3-6-18(17)20/h2-3,5-8,13H,4,9-12,14H2,1H3. The van der Waals surface area contributed by atoms with Gasteiger partial charge in [-0.3, -0.25) is 14.7 Å². The van der Waals surface area contributed by atoms with Gasteiger partial charge in [0.05, 0.1) is 5.56 Å². The summed E-state index contributed by atoms with van der Waals surface area (Å²) < 4.78 is 13.8. The molecule has 0 aliphatic carbocycles. The minimum absolute atomic E-state index is 0.0234.